The maximum atomic E-state index is 10.4. The number of aliphatic hydroxyl groups excluding tert-OH is 1. The van der Waals surface area contributed by atoms with Gasteiger partial charge in [0.15, 0.2) is 11.5 Å². The molecule has 2 aromatic carbocycles. The van der Waals surface area contributed by atoms with Gasteiger partial charge in [0.05, 0.1) is 20.3 Å². The molecule has 0 heterocycles. The lowest BCUT2D eigenvalue weighted by Crippen LogP contribution is -2.32. The Hall–Kier alpha value is -2.04. The molecule has 24 heavy (non-hydrogen) atoms. The summed E-state index contributed by atoms with van der Waals surface area (Å²) in [5.41, 5.74) is 3.25. The van der Waals surface area contributed by atoms with E-state index in [-0.39, 0.29) is 6.04 Å². The van der Waals surface area contributed by atoms with Crippen LogP contribution < -0.4 is 14.8 Å². The van der Waals surface area contributed by atoms with Gasteiger partial charge in [-0.15, -0.1) is 0 Å². The highest BCUT2D eigenvalue weighted by Gasteiger charge is 2.12. The predicted octanol–water partition coefficient (Wildman–Crippen LogP) is 3.27. The second-order valence-corrected chi connectivity index (χ2v) is 6.08. The van der Waals surface area contributed by atoms with E-state index in [0.717, 1.165) is 34.6 Å². The van der Waals surface area contributed by atoms with Crippen molar-refractivity contribution in [2.24, 2.45) is 0 Å². The van der Waals surface area contributed by atoms with Gasteiger partial charge in [-0.05, 0) is 49.1 Å². The summed E-state index contributed by atoms with van der Waals surface area (Å²) in [7, 11) is 3.27. The molecule has 0 aromatic heterocycles. The van der Waals surface area contributed by atoms with Crippen LogP contribution >= 0.6 is 0 Å². The SMILES string of the molecule is COc1ccc(CC(C)NCC(O)c2ccccc2C)cc1OC. The Balaban J connectivity index is 1.91. The van der Waals surface area contributed by atoms with Crippen LogP contribution in [0, 0.1) is 6.92 Å². The molecule has 130 valence electrons. The van der Waals surface area contributed by atoms with Gasteiger partial charge in [0, 0.05) is 12.6 Å². The molecule has 0 fully saturated rings. The molecule has 2 unspecified atom stereocenters. The minimum absolute atomic E-state index is 0.238. The van der Waals surface area contributed by atoms with Gasteiger partial charge in [0.2, 0.25) is 0 Å². The van der Waals surface area contributed by atoms with Gasteiger partial charge in [-0.2, -0.15) is 0 Å². The lowest BCUT2D eigenvalue weighted by molar-refractivity contribution is 0.170. The van der Waals surface area contributed by atoms with E-state index >= 15 is 0 Å². The number of aliphatic hydroxyl groups is 1. The summed E-state index contributed by atoms with van der Waals surface area (Å²) in [5, 5.41) is 13.8. The number of ether oxygens (including phenoxy) is 2. The Morgan fingerprint density at radius 1 is 1.04 bits per heavy atom. The van der Waals surface area contributed by atoms with E-state index in [0.29, 0.717) is 6.54 Å². The second kappa shape index (κ2) is 8.71. The number of aryl methyl sites for hydroxylation is 1. The average molecular weight is 329 g/mol. The molecule has 0 aliphatic heterocycles. The molecule has 0 radical (unpaired) electrons. The molecule has 0 saturated heterocycles. The van der Waals surface area contributed by atoms with Gasteiger partial charge < -0.3 is 19.9 Å². The maximum absolute atomic E-state index is 10.4. The number of hydrogen-bond donors (Lipinski definition) is 2. The molecule has 0 saturated carbocycles. The Kier molecular flexibility index (Phi) is 6.64. The van der Waals surface area contributed by atoms with Crippen molar-refractivity contribution in [2.45, 2.75) is 32.4 Å². The average Bonchev–Trinajstić information content (AvgIpc) is 2.60. The van der Waals surface area contributed by atoms with E-state index in [1.165, 1.54) is 0 Å². The van der Waals surface area contributed by atoms with Crippen LogP contribution in [0.3, 0.4) is 0 Å². The molecule has 4 nitrogen and oxygen atoms in total. The van der Waals surface area contributed by atoms with Gasteiger partial charge in [-0.25, -0.2) is 0 Å². The number of methoxy groups -OCH3 is 2. The van der Waals surface area contributed by atoms with Crippen LogP contribution in [0.2, 0.25) is 0 Å². The first-order chi connectivity index (χ1) is 11.5. The molecule has 4 heteroatoms. The highest BCUT2D eigenvalue weighted by atomic mass is 16.5. The fourth-order valence-corrected chi connectivity index (χ4v) is 2.82. The molecule has 0 bridgehead atoms. The number of nitrogens with one attached hydrogen (secondary N) is 1. The summed E-state index contributed by atoms with van der Waals surface area (Å²) in [6.45, 7) is 4.66. The van der Waals surface area contributed by atoms with Gasteiger partial charge in [-0.1, -0.05) is 30.3 Å². The van der Waals surface area contributed by atoms with Crippen LogP contribution in [-0.2, 0) is 6.42 Å². The van der Waals surface area contributed by atoms with Gasteiger partial charge in [-0.3, -0.25) is 0 Å². The molecule has 2 aromatic rings. The van der Waals surface area contributed by atoms with E-state index < -0.39 is 6.10 Å². The van der Waals surface area contributed by atoms with E-state index in [9.17, 15) is 5.11 Å². The zero-order chi connectivity index (χ0) is 17.5. The Labute approximate surface area is 144 Å². The smallest absolute Gasteiger partial charge is 0.160 e. The van der Waals surface area contributed by atoms with Crippen LogP contribution in [-0.4, -0.2) is 31.9 Å². The van der Waals surface area contributed by atoms with Crippen LogP contribution in [0.5, 0.6) is 11.5 Å². The van der Waals surface area contributed by atoms with E-state index in [1.807, 2.05) is 49.4 Å². The zero-order valence-corrected chi connectivity index (χ0v) is 14.9. The van der Waals surface area contributed by atoms with Crippen molar-refractivity contribution in [1.29, 1.82) is 0 Å². The summed E-state index contributed by atoms with van der Waals surface area (Å²) >= 11 is 0. The lowest BCUT2D eigenvalue weighted by atomic mass is 10.0. The first-order valence-corrected chi connectivity index (χ1v) is 8.23. The summed E-state index contributed by atoms with van der Waals surface area (Å²) in [6, 6.07) is 14.1. The van der Waals surface area contributed by atoms with Gasteiger partial charge >= 0.3 is 0 Å². The largest absolute Gasteiger partial charge is 0.493 e. The minimum Gasteiger partial charge on any atom is -0.493 e. The van der Waals surface area contributed by atoms with E-state index in [4.69, 9.17) is 9.47 Å². The molecule has 0 spiro atoms. The number of hydrogen-bond acceptors (Lipinski definition) is 4. The van der Waals surface area contributed by atoms with Crippen molar-refractivity contribution < 1.29 is 14.6 Å². The molecule has 2 atom stereocenters. The van der Waals surface area contributed by atoms with Crippen molar-refractivity contribution in [3.63, 3.8) is 0 Å². The van der Waals surface area contributed by atoms with Crippen molar-refractivity contribution in [3.05, 3.63) is 59.2 Å². The topological polar surface area (TPSA) is 50.7 Å². The van der Waals surface area contributed by atoms with Crippen molar-refractivity contribution in [3.8, 4) is 11.5 Å². The lowest BCUT2D eigenvalue weighted by Gasteiger charge is -2.19. The van der Waals surface area contributed by atoms with Crippen LogP contribution in [0.25, 0.3) is 0 Å². The first-order valence-electron chi connectivity index (χ1n) is 8.23. The third kappa shape index (κ3) is 4.73. The standard InChI is InChI=1S/C20H27NO3/c1-14-7-5-6-8-17(14)18(22)13-21-15(2)11-16-9-10-19(23-3)20(12-16)24-4/h5-10,12,15,18,21-22H,11,13H2,1-4H3. The minimum atomic E-state index is -0.501. The third-order valence-corrected chi connectivity index (χ3v) is 4.20. The Morgan fingerprint density at radius 3 is 2.42 bits per heavy atom. The third-order valence-electron chi connectivity index (χ3n) is 4.20. The molecule has 0 amide bonds. The quantitative estimate of drug-likeness (QED) is 0.780. The van der Waals surface area contributed by atoms with E-state index in [2.05, 4.69) is 12.2 Å². The predicted molar refractivity (Wildman–Crippen MR) is 96.9 cm³/mol. The fourth-order valence-electron chi connectivity index (χ4n) is 2.82. The molecule has 2 N–H and O–H groups in total. The summed E-state index contributed by atoms with van der Waals surface area (Å²) < 4.78 is 10.6. The van der Waals surface area contributed by atoms with Crippen LogP contribution in [0.4, 0.5) is 0 Å². The number of benzene rings is 2. The normalized spacial score (nSPS) is 13.4. The van der Waals surface area contributed by atoms with Crippen molar-refractivity contribution in [2.75, 3.05) is 20.8 Å². The summed E-state index contributed by atoms with van der Waals surface area (Å²) in [6.07, 6.45) is 0.347. The molecule has 2 rings (SSSR count). The molecular formula is C20H27NO3. The van der Waals surface area contributed by atoms with Gasteiger partial charge in [0.1, 0.15) is 0 Å². The zero-order valence-electron chi connectivity index (χ0n) is 14.9. The van der Waals surface area contributed by atoms with Crippen LogP contribution in [0.1, 0.15) is 29.7 Å². The number of rotatable bonds is 8. The molecular weight excluding hydrogens is 302 g/mol. The highest BCUT2D eigenvalue weighted by Crippen LogP contribution is 2.28. The summed E-state index contributed by atoms with van der Waals surface area (Å²) in [5.74, 6) is 1.47. The highest BCUT2D eigenvalue weighted by molar-refractivity contribution is 5.43. The fraction of sp³-hybridized carbons (Fsp3) is 0.400. The molecule has 0 aliphatic rings. The summed E-state index contributed by atoms with van der Waals surface area (Å²) in [4.78, 5) is 0. The van der Waals surface area contributed by atoms with Crippen molar-refractivity contribution >= 4 is 0 Å². The van der Waals surface area contributed by atoms with E-state index in [1.54, 1.807) is 14.2 Å². The monoisotopic (exact) mass is 329 g/mol. The second-order valence-electron chi connectivity index (χ2n) is 6.08. The molecule has 0 aliphatic carbocycles. The Morgan fingerprint density at radius 2 is 1.75 bits per heavy atom. The maximum Gasteiger partial charge on any atom is 0.160 e. The van der Waals surface area contributed by atoms with Gasteiger partial charge in [0.25, 0.3) is 0 Å². The first kappa shape index (κ1) is 18.3. The van der Waals surface area contributed by atoms with Crippen LogP contribution in [0.15, 0.2) is 42.5 Å². The van der Waals surface area contributed by atoms with Crippen molar-refractivity contribution in [1.82, 2.24) is 5.32 Å². The Bertz CT molecular complexity index is 657.